The van der Waals surface area contributed by atoms with E-state index in [2.05, 4.69) is 10.6 Å². The van der Waals surface area contributed by atoms with Crippen LogP contribution in [0.15, 0.2) is 53.4 Å². The standard InChI is InChI=1S/C20H14Cl4N2O5S/c1-10-6-18(19(9-14(10)23)32(28,29)30)31-17-5-2-11(21)7-16(17)26-20(27)25-12-3-4-13(22)15(24)8-12/h2-9H,1H3,(H2,25,26,27)(H,28,29,30). The third-order valence-electron chi connectivity index (χ3n) is 4.09. The molecule has 3 aromatic carbocycles. The van der Waals surface area contributed by atoms with Gasteiger partial charge in [0.1, 0.15) is 10.6 Å². The number of ether oxygens (including phenoxy) is 1. The molecule has 3 rings (SSSR count). The van der Waals surface area contributed by atoms with Gasteiger partial charge in [0.2, 0.25) is 0 Å². The Balaban J connectivity index is 1.91. The minimum atomic E-state index is -4.64. The number of nitrogens with one attached hydrogen (secondary N) is 2. The Morgan fingerprint density at radius 1 is 0.875 bits per heavy atom. The van der Waals surface area contributed by atoms with Gasteiger partial charge in [-0.2, -0.15) is 8.42 Å². The molecular weight excluding hydrogens is 522 g/mol. The van der Waals surface area contributed by atoms with E-state index < -0.39 is 21.0 Å². The topological polar surface area (TPSA) is 105 Å². The van der Waals surface area contributed by atoms with E-state index in [1.54, 1.807) is 13.0 Å². The largest absolute Gasteiger partial charge is 0.454 e. The highest BCUT2D eigenvalue weighted by atomic mass is 35.5. The molecule has 0 atom stereocenters. The zero-order chi connectivity index (χ0) is 23.6. The Labute approximate surface area is 203 Å². The Hall–Kier alpha value is -2.20. The first-order chi connectivity index (χ1) is 14.9. The molecule has 0 saturated carbocycles. The van der Waals surface area contributed by atoms with E-state index in [-0.39, 0.29) is 32.3 Å². The molecule has 0 aliphatic heterocycles. The maximum absolute atomic E-state index is 12.5. The van der Waals surface area contributed by atoms with Crippen LogP contribution in [0.5, 0.6) is 11.5 Å². The van der Waals surface area contributed by atoms with Gasteiger partial charge in [0.15, 0.2) is 5.75 Å². The predicted octanol–water partition coefficient (Wildman–Crippen LogP) is 7.29. The number of amides is 2. The molecule has 2 amide bonds. The minimum absolute atomic E-state index is 0.0605. The van der Waals surface area contributed by atoms with Crippen LogP contribution in [0.2, 0.25) is 20.1 Å². The first-order valence-corrected chi connectivity index (χ1v) is 11.7. The number of benzene rings is 3. The first kappa shape index (κ1) is 24.4. The van der Waals surface area contributed by atoms with Gasteiger partial charge in [0.25, 0.3) is 10.1 Å². The fraction of sp³-hybridized carbons (Fsp3) is 0.0500. The number of hydrogen-bond donors (Lipinski definition) is 3. The van der Waals surface area contributed by atoms with Crippen molar-refractivity contribution >= 4 is 73.9 Å². The van der Waals surface area contributed by atoms with E-state index in [4.69, 9.17) is 51.1 Å². The van der Waals surface area contributed by atoms with Crippen molar-refractivity contribution in [1.82, 2.24) is 0 Å². The highest BCUT2D eigenvalue weighted by molar-refractivity contribution is 7.86. The molecule has 0 fully saturated rings. The molecule has 3 N–H and O–H groups in total. The van der Waals surface area contributed by atoms with E-state index in [0.717, 1.165) is 6.07 Å². The summed E-state index contributed by atoms with van der Waals surface area (Å²) in [6.07, 6.45) is 0. The van der Waals surface area contributed by atoms with Crippen molar-refractivity contribution in [2.24, 2.45) is 0 Å². The zero-order valence-electron chi connectivity index (χ0n) is 16.1. The molecule has 168 valence electrons. The number of urea groups is 1. The molecule has 12 heteroatoms. The molecule has 0 bridgehead atoms. The van der Waals surface area contributed by atoms with Gasteiger partial charge in [0.05, 0.1) is 15.7 Å². The van der Waals surface area contributed by atoms with E-state index in [1.807, 2.05) is 0 Å². The quantitative estimate of drug-likeness (QED) is 0.297. The van der Waals surface area contributed by atoms with Gasteiger partial charge >= 0.3 is 6.03 Å². The average Bonchev–Trinajstić information content (AvgIpc) is 2.68. The lowest BCUT2D eigenvalue weighted by atomic mass is 10.2. The molecule has 7 nitrogen and oxygen atoms in total. The van der Waals surface area contributed by atoms with Gasteiger partial charge in [-0.1, -0.05) is 46.4 Å². The fourth-order valence-corrected chi connectivity index (χ4v) is 3.90. The van der Waals surface area contributed by atoms with E-state index in [0.29, 0.717) is 16.3 Å². The lowest BCUT2D eigenvalue weighted by Crippen LogP contribution is -2.19. The van der Waals surface area contributed by atoms with Crippen molar-refractivity contribution in [3.8, 4) is 11.5 Å². The number of carbonyl (C=O) groups is 1. The van der Waals surface area contributed by atoms with Crippen LogP contribution in [0.3, 0.4) is 0 Å². The van der Waals surface area contributed by atoms with Crippen molar-refractivity contribution < 1.29 is 22.5 Å². The second-order valence-electron chi connectivity index (χ2n) is 6.47. The van der Waals surface area contributed by atoms with Crippen LogP contribution in [-0.4, -0.2) is 19.0 Å². The van der Waals surface area contributed by atoms with Crippen LogP contribution in [0.1, 0.15) is 5.56 Å². The van der Waals surface area contributed by atoms with E-state index in [1.165, 1.54) is 36.4 Å². The SMILES string of the molecule is Cc1cc(Oc2ccc(Cl)cc2NC(=O)Nc2ccc(Cl)c(Cl)c2)c(S(=O)(=O)O)cc1Cl. The van der Waals surface area contributed by atoms with E-state index >= 15 is 0 Å². The second kappa shape index (κ2) is 9.74. The monoisotopic (exact) mass is 534 g/mol. The Kier molecular flexibility index (Phi) is 7.44. The Bertz CT molecular complexity index is 1320. The third-order valence-corrected chi connectivity index (χ3v) is 6.35. The zero-order valence-corrected chi connectivity index (χ0v) is 20.0. The fourth-order valence-electron chi connectivity index (χ4n) is 2.58. The van der Waals surface area contributed by atoms with Crippen LogP contribution in [-0.2, 0) is 10.1 Å². The molecule has 0 unspecified atom stereocenters. The number of hydrogen-bond acceptors (Lipinski definition) is 4. The van der Waals surface area contributed by atoms with Crippen molar-refractivity contribution in [2.75, 3.05) is 10.6 Å². The minimum Gasteiger partial charge on any atom is -0.454 e. The molecule has 0 aromatic heterocycles. The van der Waals surface area contributed by atoms with Gasteiger partial charge in [-0.05, 0) is 61.0 Å². The summed E-state index contributed by atoms with van der Waals surface area (Å²) in [6, 6.07) is 10.6. The van der Waals surface area contributed by atoms with Crippen LogP contribution in [0.4, 0.5) is 16.2 Å². The summed E-state index contributed by atoms with van der Waals surface area (Å²) >= 11 is 23.8. The third kappa shape index (κ3) is 5.98. The maximum atomic E-state index is 12.5. The summed E-state index contributed by atoms with van der Waals surface area (Å²) in [5, 5.41) is 6.13. The lowest BCUT2D eigenvalue weighted by molar-refractivity contribution is 0.262. The molecule has 0 heterocycles. The summed E-state index contributed by atoms with van der Waals surface area (Å²) in [4.78, 5) is 11.9. The van der Waals surface area contributed by atoms with Gasteiger partial charge in [-0.15, -0.1) is 0 Å². The van der Waals surface area contributed by atoms with Crippen molar-refractivity contribution in [2.45, 2.75) is 11.8 Å². The van der Waals surface area contributed by atoms with Gasteiger partial charge < -0.3 is 15.4 Å². The number of halogens is 4. The summed E-state index contributed by atoms with van der Waals surface area (Å²) < 4.78 is 38.8. The first-order valence-electron chi connectivity index (χ1n) is 8.72. The van der Waals surface area contributed by atoms with Crippen LogP contribution < -0.4 is 15.4 Å². The van der Waals surface area contributed by atoms with Crippen LogP contribution >= 0.6 is 46.4 Å². The molecular formula is C20H14Cl4N2O5S. The van der Waals surface area contributed by atoms with Crippen molar-refractivity contribution in [3.05, 3.63) is 74.2 Å². The Morgan fingerprint density at radius 2 is 1.59 bits per heavy atom. The molecule has 32 heavy (non-hydrogen) atoms. The van der Waals surface area contributed by atoms with Gasteiger partial charge in [0, 0.05) is 15.7 Å². The molecule has 0 radical (unpaired) electrons. The number of anilines is 2. The lowest BCUT2D eigenvalue weighted by Gasteiger charge is -2.16. The molecule has 3 aromatic rings. The smallest absolute Gasteiger partial charge is 0.323 e. The molecule has 0 aliphatic rings. The normalized spacial score (nSPS) is 11.2. The molecule has 0 aliphatic carbocycles. The summed E-state index contributed by atoms with van der Waals surface area (Å²) in [5.74, 6) is -0.130. The van der Waals surface area contributed by atoms with Gasteiger partial charge in [-0.25, -0.2) is 4.79 Å². The molecule has 0 spiro atoms. The average molecular weight is 536 g/mol. The maximum Gasteiger partial charge on any atom is 0.323 e. The molecule has 0 saturated heterocycles. The van der Waals surface area contributed by atoms with Gasteiger partial charge in [-0.3, -0.25) is 4.55 Å². The second-order valence-corrected chi connectivity index (χ2v) is 9.52. The number of rotatable bonds is 5. The van der Waals surface area contributed by atoms with E-state index in [9.17, 15) is 17.8 Å². The van der Waals surface area contributed by atoms with Crippen LogP contribution in [0.25, 0.3) is 0 Å². The highest BCUT2D eigenvalue weighted by Gasteiger charge is 2.21. The summed E-state index contributed by atoms with van der Waals surface area (Å²) in [5.41, 5.74) is 1.02. The highest BCUT2D eigenvalue weighted by Crippen LogP contribution is 2.37. The number of carbonyl (C=O) groups excluding carboxylic acids is 1. The van der Waals surface area contributed by atoms with Crippen molar-refractivity contribution in [1.29, 1.82) is 0 Å². The van der Waals surface area contributed by atoms with Crippen molar-refractivity contribution in [3.63, 3.8) is 0 Å². The number of aryl methyl sites for hydroxylation is 1. The summed E-state index contributed by atoms with van der Waals surface area (Å²) in [6.45, 7) is 1.63. The van der Waals surface area contributed by atoms with Crippen LogP contribution in [0, 0.1) is 6.92 Å². The predicted molar refractivity (Wildman–Crippen MR) is 127 cm³/mol. The summed E-state index contributed by atoms with van der Waals surface area (Å²) in [7, 11) is -4.64. The Morgan fingerprint density at radius 3 is 2.25 bits per heavy atom.